The minimum Gasteiger partial charge on any atom is -0.353 e. The van der Waals surface area contributed by atoms with Crippen molar-refractivity contribution in [2.24, 2.45) is 0 Å². The Balaban J connectivity index is 1.47. The molecule has 168 valence electrons. The number of nitrogens with zero attached hydrogens (tertiary/aromatic N) is 3. The van der Waals surface area contributed by atoms with Crippen molar-refractivity contribution in [2.75, 3.05) is 5.75 Å². The summed E-state index contributed by atoms with van der Waals surface area (Å²) < 4.78 is 1.99. The van der Waals surface area contributed by atoms with Crippen molar-refractivity contribution in [3.8, 4) is 0 Å². The fourth-order valence-corrected chi connectivity index (χ4v) is 5.92. The quantitative estimate of drug-likeness (QED) is 0.675. The van der Waals surface area contributed by atoms with E-state index in [0.29, 0.717) is 11.8 Å². The number of carbonyl (C=O) groups excluding carboxylic acids is 2. The second-order valence-electron chi connectivity index (χ2n) is 9.09. The Hall–Kier alpha value is -2.02. The number of piperidine rings is 1. The van der Waals surface area contributed by atoms with Crippen LogP contribution in [0.3, 0.4) is 0 Å². The molecule has 2 unspecified atom stereocenters. The molecule has 2 aliphatic rings. The molecule has 4 rings (SSSR count). The summed E-state index contributed by atoms with van der Waals surface area (Å²) in [5, 5.41) is 3.92. The average Bonchev–Trinajstić information content (AvgIpc) is 3.10. The van der Waals surface area contributed by atoms with Gasteiger partial charge in [0.05, 0.1) is 16.8 Å². The first-order valence-electron chi connectivity index (χ1n) is 11.7. The number of benzene rings is 1. The van der Waals surface area contributed by atoms with Crippen molar-refractivity contribution in [3.05, 3.63) is 24.3 Å². The van der Waals surface area contributed by atoms with Gasteiger partial charge in [0.1, 0.15) is 6.54 Å². The number of amides is 2. The number of carbonyl (C=O) groups is 2. The van der Waals surface area contributed by atoms with Gasteiger partial charge in [-0.1, -0.05) is 43.2 Å². The van der Waals surface area contributed by atoms with Gasteiger partial charge in [0.2, 0.25) is 11.8 Å². The standard InChI is InChI=1S/C24H34N4O2S/c1-17-9-8-10-18(2)28(17)23(30)15-27-21-14-7-6-13-20(21)26-24(27)31-16-22(29)25-19-11-4-3-5-12-19/h6-7,13-14,17-19H,3-5,8-12,15-16H2,1-2H3,(H,25,29). The van der Waals surface area contributed by atoms with E-state index >= 15 is 0 Å². The van der Waals surface area contributed by atoms with Gasteiger partial charge in [-0.05, 0) is 58.1 Å². The average molecular weight is 443 g/mol. The van der Waals surface area contributed by atoms with Crippen molar-refractivity contribution in [3.63, 3.8) is 0 Å². The van der Waals surface area contributed by atoms with Gasteiger partial charge in [-0.3, -0.25) is 9.59 Å². The van der Waals surface area contributed by atoms with Gasteiger partial charge in [-0.15, -0.1) is 0 Å². The van der Waals surface area contributed by atoms with Crippen molar-refractivity contribution >= 4 is 34.6 Å². The Morgan fingerprint density at radius 1 is 1.03 bits per heavy atom. The lowest BCUT2D eigenvalue weighted by atomic mass is 9.95. The van der Waals surface area contributed by atoms with E-state index in [2.05, 4.69) is 19.2 Å². The second-order valence-corrected chi connectivity index (χ2v) is 10.0. The van der Waals surface area contributed by atoms with E-state index in [-0.39, 0.29) is 30.4 Å². The van der Waals surface area contributed by atoms with Gasteiger partial charge in [0.25, 0.3) is 0 Å². The van der Waals surface area contributed by atoms with Crippen LogP contribution < -0.4 is 5.32 Å². The van der Waals surface area contributed by atoms with Crippen molar-refractivity contribution in [1.29, 1.82) is 0 Å². The van der Waals surface area contributed by atoms with E-state index in [1.165, 1.54) is 37.4 Å². The molecule has 0 bridgehead atoms. The van der Waals surface area contributed by atoms with E-state index in [1.807, 2.05) is 33.7 Å². The third kappa shape index (κ3) is 5.25. The molecule has 1 aliphatic carbocycles. The maximum absolute atomic E-state index is 13.3. The van der Waals surface area contributed by atoms with Crippen molar-refractivity contribution in [2.45, 2.75) is 95.0 Å². The predicted octanol–water partition coefficient (Wildman–Crippen LogP) is 4.37. The first-order chi connectivity index (χ1) is 15.0. The highest BCUT2D eigenvalue weighted by atomic mass is 32.2. The summed E-state index contributed by atoms with van der Waals surface area (Å²) in [7, 11) is 0. The number of aromatic nitrogens is 2. The number of hydrogen-bond donors (Lipinski definition) is 1. The minimum atomic E-state index is 0.0557. The summed E-state index contributed by atoms with van der Waals surface area (Å²) >= 11 is 1.43. The molecule has 1 aromatic heterocycles. The summed E-state index contributed by atoms with van der Waals surface area (Å²) in [4.78, 5) is 32.6. The largest absolute Gasteiger partial charge is 0.353 e. The van der Waals surface area contributed by atoms with Gasteiger partial charge in [0.15, 0.2) is 5.16 Å². The smallest absolute Gasteiger partial charge is 0.243 e. The molecule has 2 fully saturated rings. The summed E-state index contributed by atoms with van der Waals surface area (Å²) in [5.41, 5.74) is 1.81. The van der Waals surface area contributed by atoms with Crippen LogP contribution >= 0.6 is 11.8 Å². The number of likely N-dealkylation sites (tertiary alicyclic amines) is 1. The molecule has 31 heavy (non-hydrogen) atoms. The van der Waals surface area contributed by atoms with E-state index in [1.54, 1.807) is 0 Å². The summed E-state index contributed by atoms with van der Waals surface area (Å²) in [6, 6.07) is 8.75. The molecule has 7 heteroatoms. The Labute approximate surface area is 189 Å². The van der Waals surface area contributed by atoms with Crippen LogP contribution in [0.4, 0.5) is 0 Å². The summed E-state index contributed by atoms with van der Waals surface area (Å²) in [5.74, 6) is 0.515. The molecule has 1 aromatic carbocycles. The molecule has 0 spiro atoms. The topological polar surface area (TPSA) is 67.2 Å². The zero-order chi connectivity index (χ0) is 21.8. The maximum Gasteiger partial charge on any atom is 0.243 e. The zero-order valence-electron chi connectivity index (χ0n) is 18.7. The lowest BCUT2D eigenvalue weighted by Gasteiger charge is -2.39. The highest BCUT2D eigenvalue weighted by molar-refractivity contribution is 7.99. The zero-order valence-corrected chi connectivity index (χ0v) is 19.5. The number of para-hydroxylation sites is 2. The molecular weight excluding hydrogens is 408 g/mol. The van der Waals surface area contributed by atoms with Gasteiger partial charge >= 0.3 is 0 Å². The number of thioether (sulfide) groups is 1. The number of nitrogens with one attached hydrogen (secondary N) is 1. The van der Waals surface area contributed by atoms with E-state index in [4.69, 9.17) is 4.98 Å². The van der Waals surface area contributed by atoms with Crippen LogP contribution in [-0.2, 0) is 16.1 Å². The lowest BCUT2D eigenvalue weighted by Crippen LogP contribution is -2.48. The SMILES string of the molecule is CC1CCCC(C)N1C(=O)Cn1c(SCC(=O)NC2CCCCC2)nc2ccccc21. The maximum atomic E-state index is 13.3. The molecule has 2 aromatic rings. The number of rotatable bonds is 6. The van der Waals surface area contributed by atoms with E-state index in [0.717, 1.165) is 41.9 Å². The van der Waals surface area contributed by atoms with Gasteiger partial charge < -0.3 is 14.8 Å². The van der Waals surface area contributed by atoms with Crippen molar-refractivity contribution in [1.82, 2.24) is 19.8 Å². The Morgan fingerprint density at radius 2 is 1.74 bits per heavy atom. The first kappa shape index (κ1) is 22.2. The molecule has 1 N–H and O–H groups in total. The van der Waals surface area contributed by atoms with Gasteiger partial charge in [-0.2, -0.15) is 0 Å². The molecule has 6 nitrogen and oxygen atoms in total. The molecular formula is C24H34N4O2S. The minimum absolute atomic E-state index is 0.0557. The number of hydrogen-bond acceptors (Lipinski definition) is 4. The van der Waals surface area contributed by atoms with Crippen LogP contribution in [0, 0.1) is 0 Å². The molecule has 1 saturated carbocycles. The normalized spacial score (nSPS) is 22.6. The molecule has 2 amide bonds. The lowest BCUT2D eigenvalue weighted by molar-refractivity contribution is -0.138. The second kappa shape index (κ2) is 10.1. The van der Waals surface area contributed by atoms with Gasteiger partial charge in [-0.25, -0.2) is 4.98 Å². The highest BCUT2D eigenvalue weighted by Gasteiger charge is 2.29. The summed E-state index contributed by atoms with van der Waals surface area (Å²) in [6.45, 7) is 4.55. The van der Waals surface area contributed by atoms with E-state index < -0.39 is 0 Å². The third-order valence-electron chi connectivity index (χ3n) is 6.70. The Bertz CT molecular complexity index is 911. The third-order valence-corrected chi connectivity index (χ3v) is 7.67. The fraction of sp³-hybridized carbons (Fsp3) is 0.625. The summed E-state index contributed by atoms with van der Waals surface area (Å²) in [6.07, 6.45) is 9.12. The Kier molecular flexibility index (Phi) is 7.20. The van der Waals surface area contributed by atoms with Crippen LogP contribution in [0.25, 0.3) is 11.0 Å². The predicted molar refractivity (Wildman–Crippen MR) is 125 cm³/mol. The van der Waals surface area contributed by atoms with Crippen LogP contribution in [0.15, 0.2) is 29.4 Å². The Morgan fingerprint density at radius 3 is 2.48 bits per heavy atom. The highest BCUT2D eigenvalue weighted by Crippen LogP contribution is 2.27. The molecule has 2 heterocycles. The molecule has 2 atom stereocenters. The van der Waals surface area contributed by atoms with E-state index in [9.17, 15) is 9.59 Å². The number of imidazole rings is 1. The van der Waals surface area contributed by atoms with Crippen LogP contribution in [0.1, 0.15) is 65.2 Å². The van der Waals surface area contributed by atoms with Crippen LogP contribution in [0.2, 0.25) is 0 Å². The monoisotopic (exact) mass is 442 g/mol. The fourth-order valence-electron chi connectivity index (χ4n) is 5.09. The van der Waals surface area contributed by atoms with Gasteiger partial charge in [0, 0.05) is 18.1 Å². The first-order valence-corrected chi connectivity index (χ1v) is 12.7. The molecule has 1 saturated heterocycles. The molecule has 1 aliphatic heterocycles. The number of fused-ring (bicyclic) bond motifs is 1. The van der Waals surface area contributed by atoms with Crippen LogP contribution in [0.5, 0.6) is 0 Å². The molecule has 0 radical (unpaired) electrons. The van der Waals surface area contributed by atoms with Crippen LogP contribution in [-0.4, -0.2) is 50.1 Å². The van der Waals surface area contributed by atoms with Crippen molar-refractivity contribution < 1.29 is 9.59 Å².